The number of allylic oxidation sites excluding steroid dienone is 6. The van der Waals surface area contributed by atoms with Crippen LogP contribution in [0.3, 0.4) is 0 Å². The number of nitriles is 3. The summed E-state index contributed by atoms with van der Waals surface area (Å²) in [4.78, 5) is 2.23. The normalized spacial score (nSPS) is 18.4. The fourth-order valence-corrected chi connectivity index (χ4v) is 3.79. The topological polar surface area (TPSA) is 83.8 Å². The van der Waals surface area contributed by atoms with E-state index >= 15 is 0 Å². The van der Waals surface area contributed by atoms with Crippen LogP contribution in [0.1, 0.15) is 33.3 Å². The van der Waals surface area contributed by atoms with E-state index in [1.165, 1.54) is 0 Å². The fraction of sp³-hybridized carbons (Fsp3) is 0.240. The molecule has 0 aromatic heterocycles. The first kappa shape index (κ1) is 20.7. The minimum absolute atomic E-state index is 0.0521. The van der Waals surface area contributed by atoms with Gasteiger partial charge in [-0.2, -0.15) is 15.8 Å². The number of benzene rings is 1. The van der Waals surface area contributed by atoms with Crippen molar-refractivity contribution in [3.63, 3.8) is 0 Å². The molecular weight excluding hydrogens is 372 g/mol. The second-order valence-electron chi connectivity index (χ2n) is 7.37. The fourth-order valence-electron chi connectivity index (χ4n) is 3.79. The maximum Gasteiger partial charge on any atom is 0.172 e. The number of para-hydroxylation sites is 1. The van der Waals surface area contributed by atoms with Gasteiger partial charge in [0.2, 0.25) is 0 Å². The van der Waals surface area contributed by atoms with Crippen LogP contribution in [0.4, 0.5) is 5.69 Å². The van der Waals surface area contributed by atoms with Crippen molar-refractivity contribution < 1.29 is 4.74 Å². The first-order valence-corrected chi connectivity index (χ1v) is 9.73. The average molecular weight is 394 g/mol. The van der Waals surface area contributed by atoms with E-state index in [1.807, 2.05) is 57.2 Å². The second kappa shape index (κ2) is 8.16. The van der Waals surface area contributed by atoms with Gasteiger partial charge >= 0.3 is 0 Å². The predicted molar refractivity (Wildman–Crippen MR) is 116 cm³/mol. The molecule has 0 unspecified atom stereocenters. The standard InChI is InChI=1S/C25H22N4O/c1-5-9-19-12-17(20-10-7-8-11-23(20)29(19)6-2)13-22-21(16-28)24(18(14-26)15-27)30-25(22,3)4/h5,7-13H,6H2,1-4H3/b9-5+,17-13+. The van der Waals surface area contributed by atoms with Gasteiger partial charge in [-0.05, 0) is 57.6 Å². The van der Waals surface area contributed by atoms with Crippen LogP contribution in [0, 0.1) is 34.0 Å². The van der Waals surface area contributed by atoms with Gasteiger partial charge < -0.3 is 9.64 Å². The van der Waals surface area contributed by atoms with Crippen molar-refractivity contribution >= 4 is 11.3 Å². The van der Waals surface area contributed by atoms with Crippen molar-refractivity contribution in [2.45, 2.75) is 33.3 Å². The Kier molecular flexibility index (Phi) is 5.63. The van der Waals surface area contributed by atoms with Gasteiger partial charge in [0, 0.05) is 29.1 Å². The highest BCUT2D eigenvalue weighted by atomic mass is 16.5. The van der Waals surface area contributed by atoms with E-state index in [0.29, 0.717) is 5.57 Å². The van der Waals surface area contributed by atoms with E-state index in [0.717, 1.165) is 29.1 Å². The molecule has 0 fully saturated rings. The molecule has 30 heavy (non-hydrogen) atoms. The lowest BCUT2D eigenvalue weighted by molar-refractivity contribution is 0.0954. The van der Waals surface area contributed by atoms with Crippen LogP contribution in [0.25, 0.3) is 5.57 Å². The van der Waals surface area contributed by atoms with E-state index in [2.05, 4.69) is 42.2 Å². The molecule has 0 bridgehead atoms. The van der Waals surface area contributed by atoms with E-state index < -0.39 is 5.60 Å². The van der Waals surface area contributed by atoms with Gasteiger partial charge in [-0.25, -0.2) is 0 Å². The van der Waals surface area contributed by atoms with Gasteiger partial charge in [0.05, 0.1) is 0 Å². The molecule has 0 spiro atoms. The molecule has 0 saturated heterocycles. The number of likely N-dealkylation sites (N-methyl/N-ethyl adjacent to an activating group) is 1. The molecule has 1 aromatic rings. The van der Waals surface area contributed by atoms with E-state index in [-0.39, 0.29) is 16.9 Å². The van der Waals surface area contributed by atoms with Gasteiger partial charge in [-0.15, -0.1) is 0 Å². The number of hydrogen-bond donors (Lipinski definition) is 0. The predicted octanol–water partition coefficient (Wildman–Crippen LogP) is 5.30. The van der Waals surface area contributed by atoms with Gasteiger partial charge in [0.25, 0.3) is 0 Å². The Labute approximate surface area is 177 Å². The van der Waals surface area contributed by atoms with Gasteiger partial charge in [-0.1, -0.05) is 24.3 Å². The molecule has 5 nitrogen and oxygen atoms in total. The van der Waals surface area contributed by atoms with E-state index in [4.69, 9.17) is 4.74 Å². The minimum Gasteiger partial charge on any atom is -0.480 e. The highest BCUT2D eigenvalue weighted by molar-refractivity contribution is 5.90. The highest BCUT2D eigenvalue weighted by Gasteiger charge is 2.39. The molecule has 0 atom stereocenters. The van der Waals surface area contributed by atoms with Crippen LogP contribution in [0.2, 0.25) is 0 Å². The first-order chi connectivity index (χ1) is 14.4. The summed E-state index contributed by atoms with van der Waals surface area (Å²) in [6.07, 6.45) is 8.07. The summed E-state index contributed by atoms with van der Waals surface area (Å²) in [6.45, 7) is 8.57. The molecule has 3 rings (SSSR count). The summed E-state index contributed by atoms with van der Waals surface area (Å²) in [5, 5.41) is 28.4. The maximum atomic E-state index is 9.82. The molecule has 0 N–H and O–H groups in total. The van der Waals surface area contributed by atoms with Crippen molar-refractivity contribution in [3.8, 4) is 18.2 Å². The highest BCUT2D eigenvalue weighted by Crippen LogP contribution is 2.43. The second-order valence-corrected chi connectivity index (χ2v) is 7.37. The van der Waals surface area contributed by atoms with Crippen molar-refractivity contribution in [1.29, 1.82) is 15.8 Å². The van der Waals surface area contributed by atoms with Crippen LogP contribution < -0.4 is 4.90 Å². The number of rotatable bonds is 3. The van der Waals surface area contributed by atoms with Gasteiger partial charge in [-0.3, -0.25) is 0 Å². The van der Waals surface area contributed by atoms with Gasteiger partial charge in [0.15, 0.2) is 11.3 Å². The van der Waals surface area contributed by atoms with E-state index in [9.17, 15) is 15.8 Å². The first-order valence-electron chi connectivity index (χ1n) is 9.73. The summed E-state index contributed by atoms with van der Waals surface area (Å²) >= 11 is 0. The van der Waals surface area contributed by atoms with Crippen LogP contribution in [0.5, 0.6) is 0 Å². The monoisotopic (exact) mass is 394 g/mol. The Morgan fingerprint density at radius 3 is 2.47 bits per heavy atom. The summed E-state index contributed by atoms with van der Waals surface area (Å²) in [5.41, 5.74) is 3.95. The minimum atomic E-state index is -0.849. The van der Waals surface area contributed by atoms with E-state index in [1.54, 1.807) is 0 Å². The lowest BCUT2D eigenvalue weighted by atomic mass is 9.89. The molecule has 0 radical (unpaired) electrons. The summed E-state index contributed by atoms with van der Waals surface area (Å²) in [5.74, 6) is 0.0521. The number of anilines is 1. The maximum absolute atomic E-state index is 9.82. The third-order valence-corrected chi connectivity index (χ3v) is 5.14. The lowest BCUT2D eigenvalue weighted by Crippen LogP contribution is -2.25. The molecule has 0 amide bonds. The van der Waals surface area contributed by atoms with Crippen LogP contribution in [-0.4, -0.2) is 12.1 Å². The SMILES string of the molecule is C/C=C/C1=CC(=C\C2=C(C#N)C(=C(C#N)C#N)OC2(C)C)/c2ccccc2N1CC. The third-order valence-electron chi connectivity index (χ3n) is 5.14. The largest absolute Gasteiger partial charge is 0.480 e. The quantitative estimate of drug-likeness (QED) is 0.650. The Balaban J connectivity index is 2.31. The van der Waals surface area contributed by atoms with Crippen molar-refractivity contribution in [2.75, 3.05) is 11.4 Å². The zero-order chi connectivity index (χ0) is 21.9. The van der Waals surface area contributed by atoms with Crippen molar-refractivity contribution in [3.05, 3.63) is 82.3 Å². The Morgan fingerprint density at radius 1 is 1.17 bits per heavy atom. The molecule has 5 heteroatoms. The Morgan fingerprint density at radius 2 is 1.87 bits per heavy atom. The average Bonchev–Trinajstić information content (AvgIpc) is 2.99. The molecule has 2 aliphatic heterocycles. The summed E-state index contributed by atoms with van der Waals surface area (Å²) < 4.78 is 5.90. The lowest BCUT2D eigenvalue weighted by Gasteiger charge is -2.32. The smallest absolute Gasteiger partial charge is 0.172 e. The number of hydrogen-bond acceptors (Lipinski definition) is 5. The molecule has 2 heterocycles. The third kappa shape index (κ3) is 3.41. The van der Waals surface area contributed by atoms with Crippen LogP contribution >= 0.6 is 0 Å². The molecular formula is C25H22N4O. The molecule has 0 saturated carbocycles. The van der Waals surface area contributed by atoms with Crippen molar-refractivity contribution in [2.24, 2.45) is 0 Å². The van der Waals surface area contributed by atoms with Crippen LogP contribution in [0.15, 0.2) is 76.7 Å². The molecule has 148 valence electrons. The number of nitrogens with zero attached hydrogens (tertiary/aromatic N) is 4. The molecule has 1 aromatic carbocycles. The zero-order valence-electron chi connectivity index (χ0n) is 17.5. The van der Waals surface area contributed by atoms with Crippen LogP contribution in [-0.2, 0) is 4.74 Å². The van der Waals surface area contributed by atoms with Gasteiger partial charge in [0.1, 0.15) is 29.4 Å². The van der Waals surface area contributed by atoms with Crippen molar-refractivity contribution in [1.82, 2.24) is 0 Å². The Hall–Kier alpha value is -4.01. The molecule has 2 aliphatic rings. The zero-order valence-corrected chi connectivity index (χ0v) is 17.5. The number of ether oxygens (including phenoxy) is 1. The Bertz CT molecular complexity index is 1150. The molecule has 0 aliphatic carbocycles. The summed E-state index contributed by atoms with van der Waals surface area (Å²) in [7, 11) is 0. The number of fused-ring (bicyclic) bond motifs is 1. The summed E-state index contributed by atoms with van der Waals surface area (Å²) in [6, 6.07) is 13.9.